The molecule has 8 heteroatoms. The lowest BCUT2D eigenvalue weighted by Crippen LogP contribution is -2.34. The van der Waals surface area contributed by atoms with E-state index in [1.807, 2.05) is 38.1 Å². The lowest BCUT2D eigenvalue weighted by molar-refractivity contribution is -0.119. The number of anilines is 1. The molecule has 2 aromatic rings. The van der Waals surface area contributed by atoms with Crippen LogP contribution in [0.2, 0.25) is 10.0 Å². The SMILES string of the molecule is CC(C)Oc1ccccc1NC(=S)NC(=O)CCCOc1ccc(Cl)cc1Cl. The molecule has 0 radical (unpaired) electrons. The van der Waals surface area contributed by atoms with Crippen molar-refractivity contribution in [2.75, 3.05) is 11.9 Å². The van der Waals surface area contributed by atoms with Crippen LogP contribution in [-0.2, 0) is 4.79 Å². The third-order valence-corrected chi connectivity index (χ3v) is 4.19. The molecule has 2 N–H and O–H groups in total. The van der Waals surface area contributed by atoms with Crippen molar-refractivity contribution < 1.29 is 14.3 Å². The molecular weight excluding hydrogens is 419 g/mol. The molecule has 0 aliphatic carbocycles. The number of carbonyl (C=O) groups excluding carboxylic acids is 1. The highest BCUT2D eigenvalue weighted by Gasteiger charge is 2.09. The molecule has 0 heterocycles. The van der Waals surface area contributed by atoms with Gasteiger partial charge >= 0.3 is 0 Å². The first kappa shape index (κ1) is 22.3. The zero-order valence-corrected chi connectivity index (χ0v) is 18.0. The number of hydrogen-bond acceptors (Lipinski definition) is 4. The van der Waals surface area contributed by atoms with Crippen LogP contribution in [-0.4, -0.2) is 23.7 Å². The molecule has 28 heavy (non-hydrogen) atoms. The molecule has 0 bridgehead atoms. The molecule has 0 aromatic heterocycles. The predicted molar refractivity (Wildman–Crippen MR) is 118 cm³/mol. The maximum Gasteiger partial charge on any atom is 0.226 e. The van der Waals surface area contributed by atoms with Crippen LogP contribution < -0.4 is 20.1 Å². The number of amides is 1. The van der Waals surface area contributed by atoms with Gasteiger partial charge < -0.3 is 20.1 Å². The minimum absolute atomic E-state index is 0.0280. The van der Waals surface area contributed by atoms with Gasteiger partial charge in [0.1, 0.15) is 11.5 Å². The van der Waals surface area contributed by atoms with Crippen molar-refractivity contribution in [1.29, 1.82) is 0 Å². The number of carbonyl (C=O) groups is 1. The minimum atomic E-state index is -0.203. The first-order chi connectivity index (χ1) is 13.3. The Kier molecular flexibility index (Phi) is 8.83. The highest BCUT2D eigenvalue weighted by Crippen LogP contribution is 2.27. The van der Waals surface area contributed by atoms with Crippen LogP contribution in [0.5, 0.6) is 11.5 Å². The van der Waals surface area contributed by atoms with Crippen molar-refractivity contribution in [3.05, 3.63) is 52.5 Å². The van der Waals surface area contributed by atoms with E-state index in [0.717, 1.165) is 0 Å². The third kappa shape index (κ3) is 7.54. The Morgan fingerprint density at radius 2 is 1.89 bits per heavy atom. The van der Waals surface area contributed by atoms with Crippen molar-refractivity contribution in [3.8, 4) is 11.5 Å². The van der Waals surface area contributed by atoms with Gasteiger partial charge in [0.25, 0.3) is 0 Å². The minimum Gasteiger partial charge on any atom is -0.492 e. The number of thiocarbonyl (C=S) groups is 1. The third-order valence-electron chi connectivity index (χ3n) is 3.45. The number of benzene rings is 2. The van der Waals surface area contributed by atoms with E-state index in [2.05, 4.69) is 10.6 Å². The number of halogens is 2. The lowest BCUT2D eigenvalue weighted by Gasteiger charge is -2.16. The molecule has 2 aromatic carbocycles. The molecule has 0 aliphatic rings. The highest BCUT2D eigenvalue weighted by atomic mass is 35.5. The summed E-state index contributed by atoms with van der Waals surface area (Å²) in [6, 6.07) is 12.4. The Balaban J connectivity index is 1.75. The first-order valence-corrected chi connectivity index (χ1v) is 9.96. The summed E-state index contributed by atoms with van der Waals surface area (Å²) in [4.78, 5) is 12.1. The lowest BCUT2D eigenvalue weighted by atomic mass is 10.3. The van der Waals surface area contributed by atoms with Gasteiger partial charge in [0.15, 0.2) is 5.11 Å². The largest absolute Gasteiger partial charge is 0.492 e. The number of hydrogen-bond donors (Lipinski definition) is 2. The summed E-state index contributed by atoms with van der Waals surface area (Å²) >= 11 is 17.1. The van der Waals surface area contributed by atoms with E-state index >= 15 is 0 Å². The second-order valence-electron chi connectivity index (χ2n) is 6.19. The summed E-state index contributed by atoms with van der Waals surface area (Å²) in [5.74, 6) is 0.998. The molecule has 2 rings (SSSR count). The molecule has 5 nitrogen and oxygen atoms in total. The van der Waals surface area contributed by atoms with Crippen molar-refractivity contribution in [3.63, 3.8) is 0 Å². The van der Waals surface area contributed by atoms with Gasteiger partial charge in [0.2, 0.25) is 5.91 Å². The molecule has 1 amide bonds. The summed E-state index contributed by atoms with van der Waals surface area (Å²) in [5, 5.41) is 6.83. The fourth-order valence-electron chi connectivity index (χ4n) is 2.28. The summed E-state index contributed by atoms with van der Waals surface area (Å²) < 4.78 is 11.3. The zero-order valence-electron chi connectivity index (χ0n) is 15.6. The Labute approximate surface area is 180 Å². The van der Waals surface area contributed by atoms with Gasteiger partial charge in [0.05, 0.1) is 23.4 Å². The maximum atomic E-state index is 12.1. The van der Waals surface area contributed by atoms with E-state index in [1.54, 1.807) is 18.2 Å². The topological polar surface area (TPSA) is 59.6 Å². The van der Waals surface area contributed by atoms with E-state index in [4.69, 9.17) is 44.9 Å². The van der Waals surface area contributed by atoms with Gasteiger partial charge in [-0.2, -0.15) is 0 Å². The predicted octanol–water partition coefficient (Wildman–Crippen LogP) is 5.45. The summed E-state index contributed by atoms with van der Waals surface area (Å²) in [7, 11) is 0. The number of ether oxygens (including phenoxy) is 2. The monoisotopic (exact) mass is 440 g/mol. The normalized spacial score (nSPS) is 10.5. The van der Waals surface area contributed by atoms with Crippen LogP contribution in [0.1, 0.15) is 26.7 Å². The average Bonchev–Trinajstić information content (AvgIpc) is 2.61. The zero-order chi connectivity index (χ0) is 20.5. The van der Waals surface area contributed by atoms with Crippen LogP contribution in [0.3, 0.4) is 0 Å². The second-order valence-corrected chi connectivity index (χ2v) is 7.44. The molecular formula is C20H22Cl2N2O3S. The quantitative estimate of drug-likeness (QED) is 0.421. The van der Waals surface area contributed by atoms with Gasteiger partial charge in [-0.3, -0.25) is 4.79 Å². The van der Waals surface area contributed by atoms with Gasteiger partial charge in [-0.25, -0.2) is 0 Å². The summed E-state index contributed by atoms with van der Waals surface area (Å²) in [6.45, 7) is 4.23. The fraction of sp³-hybridized carbons (Fsp3) is 0.300. The van der Waals surface area contributed by atoms with Crippen molar-refractivity contribution in [2.45, 2.75) is 32.8 Å². The van der Waals surface area contributed by atoms with E-state index < -0.39 is 0 Å². The van der Waals surface area contributed by atoms with E-state index in [9.17, 15) is 4.79 Å². The molecule has 0 unspecified atom stereocenters. The Hall–Kier alpha value is -2.02. The maximum absolute atomic E-state index is 12.1. The molecule has 0 aliphatic heterocycles. The second kappa shape index (κ2) is 11.1. The standard InChI is InChI=1S/C20H22Cl2N2O3S/c1-13(2)27-18-7-4-3-6-16(18)23-20(28)24-19(25)8-5-11-26-17-10-9-14(21)12-15(17)22/h3-4,6-7,9-10,12-13H,5,8,11H2,1-2H3,(H2,23,24,25,28). The first-order valence-electron chi connectivity index (χ1n) is 8.79. The highest BCUT2D eigenvalue weighted by molar-refractivity contribution is 7.80. The summed E-state index contributed by atoms with van der Waals surface area (Å²) in [5.41, 5.74) is 0.696. The molecule has 0 spiro atoms. The van der Waals surface area contributed by atoms with Crippen LogP contribution in [0.15, 0.2) is 42.5 Å². The molecule has 150 valence electrons. The number of para-hydroxylation sites is 2. The van der Waals surface area contributed by atoms with Crippen LogP contribution >= 0.6 is 35.4 Å². The Bertz CT molecular complexity index is 831. The van der Waals surface area contributed by atoms with Gasteiger partial charge in [-0.1, -0.05) is 35.3 Å². The Morgan fingerprint density at radius 3 is 2.61 bits per heavy atom. The van der Waals surface area contributed by atoms with Crippen molar-refractivity contribution in [1.82, 2.24) is 5.32 Å². The number of rotatable bonds is 8. The van der Waals surface area contributed by atoms with Crippen molar-refractivity contribution >= 4 is 52.1 Å². The average molecular weight is 441 g/mol. The Morgan fingerprint density at radius 1 is 1.14 bits per heavy atom. The van der Waals surface area contributed by atoms with Gasteiger partial charge in [0, 0.05) is 11.4 Å². The van der Waals surface area contributed by atoms with Crippen LogP contribution in [0.4, 0.5) is 5.69 Å². The fourth-order valence-corrected chi connectivity index (χ4v) is 2.96. The summed E-state index contributed by atoms with van der Waals surface area (Å²) in [6.07, 6.45) is 0.803. The molecule has 0 saturated carbocycles. The van der Waals surface area contributed by atoms with E-state index in [0.29, 0.717) is 40.3 Å². The molecule has 0 saturated heterocycles. The smallest absolute Gasteiger partial charge is 0.226 e. The van der Waals surface area contributed by atoms with Crippen LogP contribution in [0.25, 0.3) is 0 Å². The van der Waals surface area contributed by atoms with Crippen molar-refractivity contribution in [2.24, 2.45) is 0 Å². The van der Waals surface area contributed by atoms with E-state index in [1.165, 1.54) is 0 Å². The van der Waals surface area contributed by atoms with Gasteiger partial charge in [-0.05, 0) is 62.8 Å². The molecule has 0 atom stereocenters. The molecule has 0 fully saturated rings. The number of nitrogens with one attached hydrogen (secondary N) is 2. The van der Waals surface area contributed by atoms with E-state index in [-0.39, 0.29) is 23.5 Å². The van der Waals surface area contributed by atoms with Crippen LogP contribution in [0, 0.1) is 0 Å². The van der Waals surface area contributed by atoms with Gasteiger partial charge in [-0.15, -0.1) is 0 Å².